The molecule has 0 aliphatic heterocycles. The molecule has 0 heterocycles. The van der Waals surface area contributed by atoms with Gasteiger partial charge in [-0.2, -0.15) is 0 Å². The molecule has 0 bridgehead atoms. The topological polar surface area (TPSA) is 46.6 Å². The van der Waals surface area contributed by atoms with Crippen LogP contribution in [0.3, 0.4) is 0 Å². The number of aryl methyl sites for hydroxylation is 2. The predicted molar refractivity (Wildman–Crippen MR) is 73.9 cm³/mol. The highest BCUT2D eigenvalue weighted by Crippen LogP contribution is 2.11. The summed E-state index contributed by atoms with van der Waals surface area (Å²) < 4.78 is 4.81. The minimum atomic E-state index is -0.376. The van der Waals surface area contributed by atoms with E-state index < -0.39 is 0 Å². The van der Waals surface area contributed by atoms with Crippen molar-refractivity contribution in [2.75, 3.05) is 20.2 Å². The van der Waals surface area contributed by atoms with E-state index in [4.69, 9.17) is 4.74 Å². The summed E-state index contributed by atoms with van der Waals surface area (Å²) in [6.07, 6.45) is 0.303. The summed E-state index contributed by atoms with van der Waals surface area (Å²) in [5, 5.41) is 0. The molecule has 0 N–H and O–H groups in total. The number of benzene rings is 1. The fourth-order valence-corrected chi connectivity index (χ4v) is 1.71. The minimum Gasteiger partial charge on any atom is -0.465 e. The smallest absolute Gasteiger partial charge is 0.325 e. The summed E-state index contributed by atoms with van der Waals surface area (Å²) in [6.45, 7) is 6.13. The first-order valence-corrected chi connectivity index (χ1v) is 6.39. The van der Waals surface area contributed by atoms with Crippen LogP contribution in [0.1, 0.15) is 23.6 Å². The molecule has 19 heavy (non-hydrogen) atoms. The highest BCUT2D eigenvalue weighted by molar-refractivity contribution is 5.83. The first kappa shape index (κ1) is 15.2. The van der Waals surface area contributed by atoms with E-state index in [1.165, 1.54) is 16.0 Å². The maximum atomic E-state index is 12.0. The van der Waals surface area contributed by atoms with Crippen LogP contribution in [-0.4, -0.2) is 37.0 Å². The molecule has 0 atom stereocenters. The molecule has 104 valence electrons. The van der Waals surface area contributed by atoms with Crippen LogP contribution >= 0.6 is 0 Å². The molecule has 1 aromatic carbocycles. The molecule has 4 heteroatoms. The first-order valence-electron chi connectivity index (χ1n) is 6.39. The molecule has 0 spiro atoms. The normalized spacial score (nSPS) is 10.1. The molecular formula is C15H21NO3. The summed E-state index contributed by atoms with van der Waals surface area (Å²) >= 11 is 0. The van der Waals surface area contributed by atoms with E-state index in [9.17, 15) is 9.59 Å². The van der Waals surface area contributed by atoms with Crippen LogP contribution < -0.4 is 0 Å². The van der Waals surface area contributed by atoms with Gasteiger partial charge in [-0.1, -0.05) is 18.2 Å². The summed E-state index contributed by atoms with van der Waals surface area (Å²) in [6, 6.07) is 5.95. The Morgan fingerprint density at radius 2 is 1.89 bits per heavy atom. The minimum absolute atomic E-state index is 0.00246. The molecule has 1 aromatic rings. The highest BCUT2D eigenvalue weighted by Gasteiger charge is 2.14. The second-order valence-electron chi connectivity index (χ2n) is 4.65. The summed E-state index contributed by atoms with van der Waals surface area (Å²) in [4.78, 5) is 24.7. The van der Waals surface area contributed by atoms with Crippen molar-refractivity contribution in [3.05, 3.63) is 34.9 Å². The van der Waals surface area contributed by atoms with Crippen molar-refractivity contribution in [2.45, 2.75) is 27.2 Å². The number of esters is 1. The Morgan fingerprint density at radius 3 is 2.47 bits per heavy atom. The van der Waals surface area contributed by atoms with E-state index in [0.717, 1.165) is 5.56 Å². The quantitative estimate of drug-likeness (QED) is 0.762. The Labute approximate surface area is 114 Å². The molecule has 1 amide bonds. The van der Waals surface area contributed by atoms with Crippen molar-refractivity contribution in [3.8, 4) is 0 Å². The SMILES string of the molecule is CCOC(=O)CN(C)C(=O)Cc1ccc(C)c(C)c1. The number of carbonyl (C=O) groups is 2. The van der Waals surface area contributed by atoms with Crippen LogP contribution in [0.25, 0.3) is 0 Å². The van der Waals surface area contributed by atoms with Crippen molar-refractivity contribution in [2.24, 2.45) is 0 Å². The van der Waals surface area contributed by atoms with Crippen LogP contribution in [0.15, 0.2) is 18.2 Å². The van der Waals surface area contributed by atoms with E-state index in [1.807, 2.05) is 32.0 Å². The fraction of sp³-hybridized carbons (Fsp3) is 0.467. The van der Waals surface area contributed by atoms with Crippen molar-refractivity contribution >= 4 is 11.9 Å². The van der Waals surface area contributed by atoms with E-state index in [0.29, 0.717) is 13.0 Å². The predicted octanol–water partition coefficient (Wildman–Crippen LogP) is 1.87. The number of nitrogens with zero attached hydrogens (tertiary/aromatic N) is 1. The number of hydrogen-bond donors (Lipinski definition) is 0. The van der Waals surface area contributed by atoms with Crippen LogP contribution in [0.4, 0.5) is 0 Å². The van der Waals surface area contributed by atoms with Gasteiger partial charge >= 0.3 is 5.97 Å². The maximum Gasteiger partial charge on any atom is 0.325 e. The molecule has 0 saturated carbocycles. The molecule has 0 radical (unpaired) electrons. The zero-order valence-electron chi connectivity index (χ0n) is 12.0. The third-order valence-corrected chi connectivity index (χ3v) is 3.02. The van der Waals surface area contributed by atoms with Gasteiger partial charge < -0.3 is 9.64 Å². The van der Waals surface area contributed by atoms with Crippen LogP contribution in [0.2, 0.25) is 0 Å². The third kappa shape index (κ3) is 4.73. The molecule has 0 aliphatic carbocycles. The number of amides is 1. The Bertz CT molecular complexity index is 468. The lowest BCUT2D eigenvalue weighted by Gasteiger charge is -2.16. The van der Waals surface area contributed by atoms with Crippen LogP contribution in [-0.2, 0) is 20.7 Å². The second-order valence-corrected chi connectivity index (χ2v) is 4.65. The molecule has 0 saturated heterocycles. The molecular weight excluding hydrogens is 242 g/mol. The van der Waals surface area contributed by atoms with Gasteiger partial charge in [0.25, 0.3) is 0 Å². The van der Waals surface area contributed by atoms with Crippen molar-refractivity contribution in [1.82, 2.24) is 4.90 Å². The highest BCUT2D eigenvalue weighted by atomic mass is 16.5. The van der Waals surface area contributed by atoms with Gasteiger partial charge in [-0.3, -0.25) is 9.59 Å². The monoisotopic (exact) mass is 263 g/mol. The lowest BCUT2D eigenvalue weighted by atomic mass is 10.0. The number of carbonyl (C=O) groups excluding carboxylic acids is 2. The Hall–Kier alpha value is -1.84. The average Bonchev–Trinajstić information content (AvgIpc) is 2.34. The third-order valence-electron chi connectivity index (χ3n) is 3.02. The fourth-order valence-electron chi connectivity index (χ4n) is 1.71. The van der Waals surface area contributed by atoms with Gasteiger partial charge in [0.05, 0.1) is 13.0 Å². The zero-order chi connectivity index (χ0) is 14.4. The average molecular weight is 263 g/mol. The van der Waals surface area contributed by atoms with Crippen molar-refractivity contribution in [1.29, 1.82) is 0 Å². The van der Waals surface area contributed by atoms with Gasteiger partial charge in [-0.15, -0.1) is 0 Å². The van der Waals surface area contributed by atoms with Gasteiger partial charge in [0, 0.05) is 7.05 Å². The summed E-state index contributed by atoms with van der Waals surface area (Å²) in [5.41, 5.74) is 3.33. The van der Waals surface area contributed by atoms with E-state index in [2.05, 4.69) is 0 Å². The van der Waals surface area contributed by atoms with Crippen molar-refractivity contribution in [3.63, 3.8) is 0 Å². The summed E-state index contributed by atoms with van der Waals surface area (Å²) in [5.74, 6) is -0.463. The van der Waals surface area contributed by atoms with Gasteiger partial charge in [0.2, 0.25) is 5.91 Å². The molecule has 1 rings (SSSR count). The molecule has 0 aliphatic rings. The second kappa shape index (κ2) is 6.92. The number of likely N-dealkylation sites (N-methyl/N-ethyl adjacent to an activating group) is 1. The molecule has 0 fully saturated rings. The summed E-state index contributed by atoms with van der Waals surface area (Å²) in [7, 11) is 1.61. The lowest BCUT2D eigenvalue weighted by molar-refractivity contribution is -0.147. The van der Waals surface area contributed by atoms with Gasteiger partial charge in [-0.05, 0) is 37.5 Å². The lowest BCUT2D eigenvalue weighted by Crippen LogP contribution is -2.34. The Balaban J connectivity index is 2.58. The van der Waals surface area contributed by atoms with Gasteiger partial charge in [0.1, 0.15) is 6.54 Å². The standard InChI is InChI=1S/C15H21NO3/c1-5-19-15(18)10-16(4)14(17)9-13-7-6-11(2)12(3)8-13/h6-8H,5,9-10H2,1-4H3. The Morgan fingerprint density at radius 1 is 1.21 bits per heavy atom. The number of hydrogen-bond acceptors (Lipinski definition) is 3. The maximum absolute atomic E-state index is 12.0. The van der Waals surface area contributed by atoms with Crippen molar-refractivity contribution < 1.29 is 14.3 Å². The van der Waals surface area contributed by atoms with E-state index >= 15 is 0 Å². The van der Waals surface area contributed by atoms with E-state index in [1.54, 1.807) is 14.0 Å². The first-order chi connectivity index (χ1) is 8.93. The van der Waals surface area contributed by atoms with Gasteiger partial charge in [-0.25, -0.2) is 0 Å². The number of ether oxygens (including phenoxy) is 1. The zero-order valence-corrected chi connectivity index (χ0v) is 12.0. The largest absolute Gasteiger partial charge is 0.465 e. The Kier molecular flexibility index (Phi) is 5.55. The van der Waals surface area contributed by atoms with Gasteiger partial charge in [0.15, 0.2) is 0 Å². The molecule has 0 unspecified atom stereocenters. The number of rotatable bonds is 5. The van der Waals surface area contributed by atoms with E-state index in [-0.39, 0.29) is 18.4 Å². The van der Waals surface area contributed by atoms with Crippen LogP contribution in [0.5, 0.6) is 0 Å². The molecule has 4 nitrogen and oxygen atoms in total. The molecule has 0 aromatic heterocycles. The van der Waals surface area contributed by atoms with Crippen LogP contribution in [0, 0.1) is 13.8 Å².